The van der Waals surface area contributed by atoms with E-state index in [-0.39, 0.29) is 11.2 Å². The van der Waals surface area contributed by atoms with Crippen molar-refractivity contribution in [1.29, 1.82) is 0 Å². The molecule has 2 aromatic heterocycles. The van der Waals surface area contributed by atoms with Crippen molar-refractivity contribution in [1.82, 2.24) is 9.97 Å². The maximum absolute atomic E-state index is 12.5. The van der Waals surface area contributed by atoms with Crippen LogP contribution in [-0.2, 0) is 6.42 Å². The second kappa shape index (κ2) is 3.69. The summed E-state index contributed by atoms with van der Waals surface area (Å²) in [6.45, 7) is 4.31. The molecule has 0 saturated heterocycles. The highest BCUT2D eigenvalue weighted by Crippen LogP contribution is 2.39. The molecular weight excluding hydrogens is 248 g/mol. The number of benzene rings is 1. The standard InChI is InChI=1S/C17H16N2O/c1-17(2)7-13-15(14(20)8-17)12-4-3-10-9-18-6-5-11(10)16(12)19-13/h3-6,9,19H,7-8H2,1-2H3. The number of Topliss-reactive ketones (excluding diaryl/α,β-unsaturated/α-hetero) is 1. The normalized spacial score (nSPS) is 17.6. The maximum atomic E-state index is 12.5. The minimum Gasteiger partial charge on any atom is -0.357 e. The van der Waals surface area contributed by atoms with Crippen LogP contribution in [0.25, 0.3) is 21.7 Å². The van der Waals surface area contributed by atoms with Gasteiger partial charge in [-0.05, 0) is 17.9 Å². The van der Waals surface area contributed by atoms with E-state index in [4.69, 9.17) is 0 Å². The Morgan fingerprint density at radius 1 is 1.15 bits per heavy atom. The predicted molar refractivity (Wildman–Crippen MR) is 80.0 cm³/mol. The molecule has 0 radical (unpaired) electrons. The van der Waals surface area contributed by atoms with Crippen molar-refractivity contribution < 1.29 is 4.79 Å². The SMILES string of the molecule is CC1(C)CC(=O)c2c([nH]c3c2ccc2cnccc23)C1. The average molecular weight is 264 g/mol. The molecule has 3 nitrogen and oxygen atoms in total. The zero-order valence-corrected chi connectivity index (χ0v) is 11.7. The molecule has 1 aliphatic rings. The molecule has 20 heavy (non-hydrogen) atoms. The summed E-state index contributed by atoms with van der Waals surface area (Å²) in [6.07, 6.45) is 5.21. The Balaban J connectivity index is 2.10. The first-order valence-electron chi connectivity index (χ1n) is 6.96. The molecule has 0 spiro atoms. The Kier molecular flexibility index (Phi) is 2.15. The minimum absolute atomic E-state index is 0.0440. The van der Waals surface area contributed by atoms with Crippen LogP contribution in [0.1, 0.15) is 36.3 Å². The summed E-state index contributed by atoms with van der Waals surface area (Å²) in [7, 11) is 0. The van der Waals surface area contributed by atoms with E-state index in [9.17, 15) is 4.79 Å². The number of hydrogen-bond donors (Lipinski definition) is 1. The van der Waals surface area contributed by atoms with Gasteiger partial charge in [-0.3, -0.25) is 9.78 Å². The van der Waals surface area contributed by atoms with Gasteiger partial charge in [-0.15, -0.1) is 0 Å². The molecule has 0 fully saturated rings. The number of pyridine rings is 1. The number of nitrogens with zero attached hydrogens (tertiary/aromatic N) is 1. The van der Waals surface area contributed by atoms with Gasteiger partial charge in [0.25, 0.3) is 0 Å². The van der Waals surface area contributed by atoms with Crippen LogP contribution in [-0.4, -0.2) is 15.8 Å². The highest BCUT2D eigenvalue weighted by Gasteiger charge is 2.33. The van der Waals surface area contributed by atoms with Crippen molar-refractivity contribution in [2.75, 3.05) is 0 Å². The van der Waals surface area contributed by atoms with Crippen molar-refractivity contribution in [2.24, 2.45) is 5.41 Å². The quantitative estimate of drug-likeness (QED) is 0.670. The van der Waals surface area contributed by atoms with Gasteiger partial charge in [0, 0.05) is 46.2 Å². The Labute approximate surface area is 117 Å². The van der Waals surface area contributed by atoms with E-state index in [1.165, 1.54) is 0 Å². The topological polar surface area (TPSA) is 45.8 Å². The van der Waals surface area contributed by atoms with Gasteiger partial charge in [-0.25, -0.2) is 0 Å². The summed E-state index contributed by atoms with van der Waals surface area (Å²) in [5.41, 5.74) is 3.10. The van der Waals surface area contributed by atoms with Crippen LogP contribution >= 0.6 is 0 Å². The van der Waals surface area contributed by atoms with Gasteiger partial charge in [0.2, 0.25) is 0 Å². The molecule has 1 aromatic carbocycles. The summed E-state index contributed by atoms with van der Waals surface area (Å²) in [6, 6.07) is 6.10. The summed E-state index contributed by atoms with van der Waals surface area (Å²) in [5.74, 6) is 0.260. The van der Waals surface area contributed by atoms with E-state index < -0.39 is 0 Å². The summed E-state index contributed by atoms with van der Waals surface area (Å²) in [5, 5.41) is 3.29. The zero-order chi connectivity index (χ0) is 13.9. The molecular formula is C17H16N2O. The highest BCUT2D eigenvalue weighted by atomic mass is 16.1. The van der Waals surface area contributed by atoms with E-state index in [0.29, 0.717) is 6.42 Å². The first kappa shape index (κ1) is 11.6. The maximum Gasteiger partial charge on any atom is 0.165 e. The summed E-state index contributed by atoms with van der Waals surface area (Å²) < 4.78 is 0. The summed E-state index contributed by atoms with van der Waals surface area (Å²) >= 11 is 0. The fraction of sp³-hybridized carbons (Fsp3) is 0.294. The van der Waals surface area contributed by atoms with Gasteiger partial charge in [-0.2, -0.15) is 0 Å². The first-order chi connectivity index (χ1) is 9.55. The minimum atomic E-state index is 0.0440. The third kappa shape index (κ3) is 1.52. The Morgan fingerprint density at radius 2 is 2.00 bits per heavy atom. The van der Waals surface area contributed by atoms with Crippen molar-refractivity contribution in [3.63, 3.8) is 0 Å². The third-order valence-electron chi connectivity index (χ3n) is 4.24. The molecule has 1 aliphatic carbocycles. The van der Waals surface area contributed by atoms with Crippen LogP contribution in [0, 0.1) is 5.41 Å². The molecule has 0 aliphatic heterocycles. The fourth-order valence-corrected chi connectivity index (χ4v) is 3.40. The summed E-state index contributed by atoms with van der Waals surface area (Å²) in [4.78, 5) is 20.1. The van der Waals surface area contributed by atoms with Gasteiger partial charge in [0.1, 0.15) is 0 Å². The number of carbonyl (C=O) groups is 1. The zero-order valence-electron chi connectivity index (χ0n) is 11.7. The molecule has 0 unspecified atom stereocenters. The van der Waals surface area contributed by atoms with Gasteiger partial charge in [0.15, 0.2) is 5.78 Å². The van der Waals surface area contributed by atoms with E-state index in [2.05, 4.69) is 23.8 Å². The van der Waals surface area contributed by atoms with Crippen LogP contribution in [0.2, 0.25) is 0 Å². The predicted octanol–water partition coefficient (Wildman–Crippen LogP) is 3.87. The number of hydrogen-bond acceptors (Lipinski definition) is 2. The monoisotopic (exact) mass is 264 g/mol. The van der Waals surface area contributed by atoms with Gasteiger partial charge < -0.3 is 4.98 Å². The molecule has 3 heteroatoms. The van der Waals surface area contributed by atoms with Gasteiger partial charge in [0.05, 0.1) is 5.52 Å². The van der Waals surface area contributed by atoms with Crippen LogP contribution in [0.3, 0.4) is 0 Å². The molecule has 2 heterocycles. The van der Waals surface area contributed by atoms with Crippen molar-refractivity contribution in [3.05, 3.63) is 41.9 Å². The number of aromatic nitrogens is 2. The lowest BCUT2D eigenvalue weighted by Crippen LogP contribution is -2.26. The molecule has 3 aromatic rings. The molecule has 0 atom stereocenters. The average Bonchev–Trinajstić information content (AvgIpc) is 2.75. The second-order valence-corrected chi connectivity index (χ2v) is 6.50. The second-order valence-electron chi connectivity index (χ2n) is 6.50. The number of fused-ring (bicyclic) bond motifs is 5. The highest BCUT2D eigenvalue weighted by molar-refractivity contribution is 6.16. The van der Waals surface area contributed by atoms with Gasteiger partial charge in [-0.1, -0.05) is 26.0 Å². The molecule has 4 rings (SSSR count). The lowest BCUT2D eigenvalue weighted by Gasteiger charge is -2.28. The molecule has 1 N–H and O–H groups in total. The van der Waals surface area contributed by atoms with E-state index in [1.54, 1.807) is 6.20 Å². The number of aromatic amines is 1. The van der Waals surface area contributed by atoms with Crippen LogP contribution in [0.4, 0.5) is 0 Å². The van der Waals surface area contributed by atoms with E-state index in [0.717, 1.165) is 39.4 Å². The van der Waals surface area contributed by atoms with E-state index >= 15 is 0 Å². The number of rotatable bonds is 0. The lowest BCUT2D eigenvalue weighted by atomic mass is 9.76. The molecule has 100 valence electrons. The smallest absolute Gasteiger partial charge is 0.165 e. The van der Waals surface area contributed by atoms with Gasteiger partial charge >= 0.3 is 0 Å². The first-order valence-corrected chi connectivity index (χ1v) is 6.96. The number of carbonyl (C=O) groups excluding carboxylic acids is 1. The Bertz CT molecular complexity index is 858. The largest absolute Gasteiger partial charge is 0.357 e. The van der Waals surface area contributed by atoms with Crippen LogP contribution < -0.4 is 0 Å². The molecule has 0 amide bonds. The Morgan fingerprint density at radius 3 is 2.85 bits per heavy atom. The molecule has 0 saturated carbocycles. The van der Waals surface area contributed by atoms with Crippen LogP contribution in [0.5, 0.6) is 0 Å². The lowest BCUT2D eigenvalue weighted by molar-refractivity contribution is 0.0913. The third-order valence-corrected chi connectivity index (χ3v) is 4.24. The van der Waals surface area contributed by atoms with Crippen LogP contribution in [0.15, 0.2) is 30.6 Å². The van der Waals surface area contributed by atoms with Crippen molar-refractivity contribution in [3.8, 4) is 0 Å². The number of ketones is 1. The number of nitrogens with one attached hydrogen (secondary N) is 1. The Hall–Kier alpha value is -2.16. The van der Waals surface area contributed by atoms with Crippen molar-refractivity contribution >= 4 is 27.5 Å². The molecule has 0 bridgehead atoms. The number of H-pyrrole nitrogens is 1. The van der Waals surface area contributed by atoms with Crippen molar-refractivity contribution in [2.45, 2.75) is 26.7 Å². The fourth-order valence-electron chi connectivity index (χ4n) is 3.40. The van der Waals surface area contributed by atoms with E-state index in [1.807, 2.05) is 24.4 Å².